The second-order valence-electron chi connectivity index (χ2n) is 8.33. The molecule has 8 heteroatoms. The number of fused-ring (bicyclic) bond motifs is 1. The SMILES string of the molecule is CCN1CCN(c2ccc(-c3cc4nccnc4c(NC[C@@H]4CNCCO4)n3)cc2)CC1. The highest BCUT2D eigenvalue weighted by Gasteiger charge is 2.17. The third-order valence-electron chi connectivity index (χ3n) is 6.31. The molecule has 5 rings (SSSR count). The van der Waals surface area contributed by atoms with Gasteiger partial charge in [0.1, 0.15) is 5.52 Å². The summed E-state index contributed by atoms with van der Waals surface area (Å²) in [7, 11) is 0. The zero-order valence-corrected chi connectivity index (χ0v) is 18.6. The Hall–Kier alpha value is -2.81. The number of hydrogen-bond acceptors (Lipinski definition) is 8. The van der Waals surface area contributed by atoms with Gasteiger partial charge in [-0.05, 0) is 24.7 Å². The van der Waals surface area contributed by atoms with Gasteiger partial charge >= 0.3 is 0 Å². The van der Waals surface area contributed by atoms with Gasteiger partial charge in [0.2, 0.25) is 0 Å². The van der Waals surface area contributed by atoms with Crippen LogP contribution >= 0.6 is 0 Å². The Morgan fingerprint density at radius 2 is 1.91 bits per heavy atom. The molecular formula is C24H31N7O. The number of pyridine rings is 1. The van der Waals surface area contributed by atoms with E-state index < -0.39 is 0 Å². The van der Waals surface area contributed by atoms with E-state index in [1.54, 1.807) is 12.4 Å². The van der Waals surface area contributed by atoms with Crippen LogP contribution < -0.4 is 15.5 Å². The third kappa shape index (κ3) is 4.67. The van der Waals surface area contributed by atoms with Crippen LogP contribution in [0.25, 0.3) is 22.3 Å². The Bertz CT molecular complexity index is 1030. The molecule has 0 unspecified atom stereocenters. The van der Waals surface area contributed by atoms with E-state index >= 15 is 0 Å². The lowest BCUT2D eigenvalue weighted by molar-refractivity contribution is 0.0372. The third-order valence-corrected chi connectivity index (χ3v) is 6.31. The maximum Gasteiger partial charge on any atom is 0.154 e. The largest absolute Gasteiger partial charge is 0.374 e. The van der Waals surface area contributed by atoms with Crippen molar-refractivity contribution in [3.8, 4) is 11.3 Å². The molecule has 2 aromatic heterocycles. The van der Waals surface area contributed by atoms with Crippen molar-refractivity contribution < 1.29 is 4.74 Å². The summed E-state index contributed by atoms with van der Waals surface area (Å²) in [6.07, 6.45) is 3.55. The lowest BCUT2D eigenvalue weighted by Crippen LogP contribution is -2.46. The molecular weight excluding hydrogens is 402 g/mol. The van der Waals surface area contributed by atoms with Crippen LogP contribution in [0.4, 0.5) is 11.5 Å². The Labute approximate surface area is 189 Å². The maximum atomic E-state index is 5.81. The molecule has 2 saturated heterocycles. The lowest BCUT2D eigenvalue weighted by atomic mass is 10.1. The van der Waals surface area contributed by atoms with Crippen molar-refractivity contribution >= 4 is 22.5 Å². The molecule has 0 amide bonds. The molecule has 8 nitrogen and oxygen atoms in total. The van der Waals surface area contributed by atoms with Crippen molar-refractivity contribution in [3.05, 3.63) is 42.7 Å². The Balaban J connectivity index is 1.36. The number of anilines is 2. The van der Waals surface area contributed by atoms with Gasteiger partial charge in [-0.25, -0.2) is 9.97 Å². The standard InChI is InChI=1S/C24H31N7O/c1-2-30-10-12-31(13-11-30)19-5-3-18(4-6-19)21-15-22-23(27-8-7-26-22)24(29-21)28-17-20-16-25-9-14-32-20/h3-8,15,20,25H,2,9-14,16-17H2,1H3,(H,28,29)/t20-/m0/s1. The van der Waals surface area contributed by atoms with E-state index in [9.17, 15) is 0 Å². The van der Waals surface area contributed by atoms with E-state index in [4.69, 9.17) is 9.72 Å². The van der Waals surface area contributed by atoms with E-state index in [1.807, 2.05) is 6.07 Å². The Morgan fingerprint density at radius 1 is 1.09 bits per heavy atom. The van der Waals surface area contributed by atoms with Crippen molar-refractivity contribution in [1.82, 2.24) is 25.2 Å². The minimum atomic E-state index is 0.119. The Kier molecular flexibility index (Phi) is 6.43. The van der Waals surface area contributed by atoms with Crippen LogP contribution in [0.2, 0.25) is 0 Å². The van der Waals surface area contributed by atoms with Crippen molar-refractivity contribution in [3.63, 3.8) is 0 Å². The van der Waals surface area contributed by atoms with Gasteiger partial charge in [-0.15, -0.1) is 0 Å². The number of likely N-dealkylation sites (N-methyl/N-ethyl adjacent to an activating group) is 1. The number of ether oxygens (including phenoxy) is 1. The molecule has 3 aromatic rings. The monoisotopic (exact) mass is 433 g/mol. The molecule has 0 spiro atoms. The van der Waals surface area contributed by atoms with E-state index in [0.29, 0.717) is 6.54 Å². The minimum Gasteiger partial charge on any atom is -0.374 e. The van der Waals surface area contributed by atoms with E-state index in [1.165, 1.54) is 5.69 Å². The average Bonchev–Trinajstić information content (AvgIpc) is 2.88. The van der Waals surface area contributed by atoms with Crippen LogP contribution in [0.15, 0.2) is 42.7 Å². The normalized spacial score (nSPS) is 19.9. The number of benzene rings is 1. The van der Waals surface area contributed by atoms with Crippen molar-refractivity contribution in [2.75, 3.05) is 69.2 Å². The molecule has 32 heavy (non-hydrogen) atoms. The summed E-state index contributed by atoms with van der Waals surface area (Å²) in [6, 6.07) is 10.7. The first-order chi connectivity index (χ1) is 15.8. The summed E-state index contributed by atoms with van der Waals surface area (Å²) >= 11 is 0. The van der Waals surface area contributed by atoms with Gasteiger partial charge in [0.25, 0.3) is 0 Å². The summed E-state index contributed by atoms with van der Waals surface area (Å²) in [5, 5.41) is 6.81. The molecule has 2 N–H and O–H groups in total. The van der Waals surface area contributed by atoms with Crippen molar-refractivity contribution in [1.29, 1.82) is 0 Å². The molecule has 2 aliphatic heterocycles. The van der Waals surface area contributed by atoms with Gasteiger partial charge in [0.15, 0.2) is 5.82 Å². The number of piperazine rings is 1. The van der Waals surface area contributed by atoms with Gasteiger partial charge in [0.05, 0.1) is 23.9 Å². The zero-order valence-electron chi connectivity index (χ0n) is 18.6. The highest BCUT2D eigenvalue weighted by Crippen LogP contribution is 2.27. The van der Waals surface area contributed by atoms with E-state index in [0.717, 1.165) is 80.5 Å². The second-order valence-corrected chi connectivity index (χ2v) is 8.33. The summed E-state index contributed by atoms with van der Waals surface area (Å²) in [6.45, 7) is 10.9. The fourth-order valence-electron chi connectivity index (χ4n) is 4.37. The number of aromatic nitrogens is 3. The van der Waals surface area contributed by atoms with E-state index in [-0.39, 0.29) is 6.10 Å². The molecule has 1 aromatic carbocycles. The fraction of sp³-hybridized carbons (Fsp3) is 0.458. The van der Waals surface area contributed by atoms with Crippen molar-refractivity contribution in [2.24, 2.45) is 0 Å². The molecule has 0 radical (unpaired) electrons. The van der Waals surface area contributed by atoms with Crippen molar-refractivity contribution in [2.45, 2.75) is 13.0 Å². The first-order valence-corrected chi connectivity index (χ1v) is 11.6. The molecule has 4 heterocycles. The summed E-state index contributed by atoms with van der Waals surface area (Å²) in [5.74, 6) is 0.750. The number of hydrogen-bond donors (Lipinski definition) is 2. The molecule has 1 atom stereocenters. The summed E-state index contributed by atoms with van der Waals surface area (Å²) in [5.41, 5.74) is 4.86. The van der Waals surface area contributed by atoms with Crippen LogP contribution in [0.1, 0.15) is 6.92 Å². The summed E-state index contributed by atoms with van der Waals surface area (Å²) < 4.78 is 5.81. The number of nitrogens with one attached hydrogen (secondary N) is 2. The first-order valence-electron chi connectivity index (χ1n) is 11.6. The molecule has 2 fully saturated rings. The number of nitrogens with zero attached hydrogens (tertiary/aromatic N) is 5. The van der Waals surface area contributed by atoms with Crippen LogP contribution in [0.3, 0.4) is 0 Å². The molecule has 2 aliphatic rings. The van der Waals surface area contributed by atoms with Gasteiger partial charge in [0, 0.05) is 69.5 Å². The van der Waals surface area contributed by atoms with Gasteiger partial charge in [-0.1, -0.05) is 19.1 Å². The molecule has 168 valence electrons. The number of rotatable bonds is 6. The zero-order chi connectivity index (χ0) is 21.8. The van der Waals surface area contributed by atoms with E-state index in [2.05, 4.69) is 61.6 Å². The highest BCUT2D eigenvalue weighted by molar-refractivity contribution is 5.88. The van der Waals surface area contributed by atoms with Crippen LogP contribution in [-0.4, -0.2) is 84.9 Å². The predicted octanol–water partition coefficient (Wildman–Crippen LogP) is 2.23. The van der Waals surface area contributed by atoms with Crippen LogP contribution in [0.5, 0.6) is 0 Å². The van der Waals surface area contributed by atoms with Gasteiger partial charge in [-0.2, -0.15) is 0 Å². The number of morpholine rings is 1. The van der Waals surface area contributed by atoms with Crippen LogP contribution in [0, 0.1) is 0 Å². The smallest absolute Gasteiger partial charge is 0.154 e. The summed E-state index contributed by atoms with van der Waals surface area (Å²) in [4.78, 5) is 18.9. The molecule has 0 saturated carbocycles. The Morgan fingerprint density at radius 3 is 2.66 bits per heavy atom. The lowest BCUT2D eigenvalue weighted by Gasteiger charge is -2.35. The predicted molar refractivity (Wildman–Crippen MR) is 128 cm³/mol. The average molecular weight is 434 g/mol. The molecule has 0 bridgehead atoms. The van der Waals surface area contributed by atoms with Gasteiger partial charge in [-0.3, -0.25) is 4.98 Å². The maximum absolute atomic E-state index is 5.81. The second kappa shape index (κ2) is 9.77. The molecule has 0 aliphatic carbocycles. The van der Waals surface area contributed by atoms with Crippen LogP contribution in [-0.2, 0) is 4.74 Å². The first kappa shape index (κ1) is 21.1. The quantitative estimate of drug-likeness (QED) is 0.613. The minimum absolute atomic E-state index is 0.119. The topological polar surface area (TPSA) is 78.4 Å². The fourth-order valence-corrected chi connectivity index (χ4v) is 4.37. The van der Waals surface area contributed by atoms with Gasteiger partial charge < -0.3 is 25.2 Å². The highest BCUT2D eigenvalue weighted by atomic mass is 16.5.